The molecular weight excluding hydrogens is 633 g/mol. The van der Waals surface area contributed by atoms with Crippen LogP contribution in [0, 0.1) is 40.6 Å². The first-order chi connectivity index (χ1) is 24.2. The quantitative estimate of drug-likeness (QED) is 0.178. The molecule has 0 aliphatic rings. The first kappa shape index (κ1) is 30.0. The van der Waals surface area contributed by atoms with E-state index in [1.54, 1.807) is 48.5 Å². The van der Waals surface area contributed by atoms with E-state index in [1.807, 2.05) is 63.7 Å². The van der Waals surface area contributed by atoms with Gasteiger partial charge in [-0.15, -0.1) is 0 Å². The third-order valence-corrected chi connectivity index (χ3v) is 9.04. The molecule has 8 rings (SSSR count). The van der Waals surface area contributed by atoms with Gasteiger partial charge in [-0.25, -0.2) is 4.85 Å². The Bertz CT molecular complexity index is 2760. The second-order valence-electron chi connectivity index (χ2n) is 11.7. The summed E-state index contributed by atoms with van der Waals surface area (Å²) in [6, 6.07) is 38.3. The van der Waals surface area contributed by atoms with Crippen LogP contribution in [0.5, 0.6) is 0 Å². The van der Waals surface area contributed by atoms with Crippen molar-refractivity contribution in [3.8, 4) is 40.7 Å². The number of nitrogens with zero attached hydrogens (tertiary/aromatic N) is 6. The fraction of sp³-hybridized carbons (Fsp3) is 0.0244. The number of para-hydroxylation sites is 2. The van der Waals surface area contributed by atoms with Crippen molar-refractivity contribution < 1.29 is 13.2 Å². The molecule has 0 aliphatic heterocycles. The summed E-state index contributed by atoms with van der Waals surface area (Å²) in [6.45, 7) is 7.59. The zero-order valence-corrected chi connectivity index (χ0v) is 25.8. The molecule has 0 amide bonds. The van der Waals surface area contributed by atoms with Gasteiger partial charge in [-0.2, -0.15) is 29.0 Å². The van der Waals surface area contributed by atoms with Crippen LogP contribution in [0.4, 0.5) is 18.9 Å². The average Bonchev–Trinajstić information content (AvgIpc) is 3.65. The zero-order valence-electron chi connectivity index (χ0n) is 25.8. The van der Waals surface area contributed by atoms with Crippen molar-refractivity contribution in [2.24, 2.45) is 0 Å². The van der Waals surface area contributed by atoms with Crippen molar-refractivity contribution in [3.63, 3.8) is 0 Å². The van der Waals surface area contributed by atoms with Crippen LogP contribution in [0.25, 0.3) is 71.0 Å². The van der Waals surface area contributed by atoms with Gasteiger partial charge >= 0.3 is 6.18 Å². The lowest BCUT2D eigenvalue weighted by atomic mass is 9.94. The van der Waals surface area contributed by atoms with Crippen molar-refractivity contribution in [1.29, 1.82) is 15.8 Å². The summed E-state index contributed by atoms with van der Waals surface area (Å²) in [5.41, 5.74) is 3.32. The van der Waals surface area contributed by atoms with Crippen LogP contribution >= 0.6 is 0 Å². The maximum absolute atomic E-state index is 14.7. The van der Waals surface area contributed by atoms with E-state index in [1.165, 1.54) is 12.1 Å². The van der Waals surface area contributed by atoms with E-state index in [0.29, 0.717) is 44.7 Å². The summed E-state index contributed by atoms with van der Waals surface area (Å²) in [7, 11) is 0. The number of hydrogen-bond acceptors (Lipinski definition) is 3. The summed E-state index contributed by atoms with van der Waals surface area (Å²) in [5, 5.41) is 33.2. The molecule has 234 valence electrons. The Hall–Kier alpha value is -7.33. The van der Waals surface area contributed by atoms with Gasteiger partial charge in [0.2, 0.25) is 0 Å². The predicted octanol–water partition coefficient (Wildman–Crippen LogP) is 10.7. The lowest BCUT2D eigenvalue weighted by molar-refractivity contribution is -0.137. The average molecular weight is 653 g/mol. The maximum Gasteiger partial charge on any atom is 0.417 e. The minimum absolute atomic E-state index is 0.135. The summed E-state index contributed by atoms with van der Waals surface area (Å²) < 4.78 is 47.8. The standard InChI is InChI=1S/C41H19F3N6/c1-48-27-12-15-38-32(20-27)30-7-3-5-9-36(30)50(38)40-19-26(28-13-10-25(22-46)17-34(28)41(42,43)44)18-39(33(40)23-47)49-35-8-4-2-6-29(35)31-16-24(21-45)11-14-37(31)49/h2-20H. The van der Waals surface area contributed by atoms with E-state index in [2.05, 4.69) is 17.0 Å². The number of rotatable bonds is 3. The molecule has 0 N–H and O–H groups in total. The number of halogens is 3. The van der Waals surface area contributed by atoms with E-state index in [0.717, 1.165) is 27.6 Å². The van der Waals surface area contributed by atoms with E-state index in [4.69, 9.17) is 6.57 Å². The van der Waals surface area contributed by atoms with Gasteiger partial charge in [0, 0.05) is 16.2 Å². The van der Waals surface area contributed by atoms with Crippen molar-refractivity contribution in [2.45, 2.75) is 6.18 Å². The topological polar surface area (TPSA) is 85.6 Å². The molecule has 8 aromatic rings. The summed E-state index contributed by atoms with van der Waals surface area (Å²) in [6.07, 6.45) is -4.79. The predicted molar refractivity (Wildman–Crippen MR) is 186 cm³/mol. The molecule has 0 spiro atoms. The van der Waals surface area contributed by atoms with Crippen LogP contribution in [-0.4, -0.2) is 9.13 Å². The first-order valence-corrected chi connectivity index (χ1v) is 15.3. The molecule has 6 nitrogen and oxygen atoms in total. The van der Waals surface area contributed by atoms with E-state index in [9.17, 15) is 29.0 Å². The molecule has 0 fully saturated rings. The van der Waals surface area contributed by atoms with Crippen molar-refractivity contribution in [2.75, 3.05) is 0 Å². The Kier molecular flexibility index (Phi) is 6.69. The molecule has 0 atom stereocenters. The highest BCUT2D eigenvalue weighted by molar-refractivity contribution is 6.12. The van der Waals surface area contributed by atoms with Crippen LogP contribution in [-0.2, 0) is 6.18 Å². The molecule has 0 aliphatic carbocycles. The highest BCUT2D eigenvalue weighted by Gasteiger charge is 2.35. The molecule has 2 heterocycles. The lowest BCUT2D eigenvalue weighted by Crippen LogP contribution is -2.09. The molecule has 2 aromatic heterocycles. The SMILES string of the molecule is [C-]#[N+]c1ccc2c(c1)c1ccccc1n2-c1cc(-c2ccc(C#N)cc2C(F)(F)F)cc(-n2c3ccccc3c3cc(C#N)ccc32)c1C#N. The number of benzene rings is 6. The third kappa shape index (κ3) is 4.47. The van der Waals surface area contributed by atoms with Gasteiger partial charge in [-0.3, -0.25) is 0 Å². The normalized spacial score (nSPS) is 11.4. The Balaban J connectivity index is 1.58. The number of nitriles is 3. The van der Waals surface area contributed by atoms with Gasteiger partial charge in [-0.1, -0.05) is 48.5 Å². The zero-order chi connectivity index (χ0) is 34.7. The van der Waals surface area contributed by atoms with Gasteiger partial charge in [0.1, 0.15) is 11.6 Å². The van der Waals surface area contributed by atoms with Crippen LogP contribution in [0.1, 0.15) is 22.3 Å². The minimum Gasteiger partial charge on any atom is -0.308 e. The molecule has 0 unspecified atom stereocenters. The Morgan fingerprint density at radius 2 is 1.08 bits per heavy atom. The fourth-order valence-corrected chi connectivity index (χ4v) is 6.93. The van der Waals surface area contributed by atoms with Crippen LogP contribution < -0.4 is 0 Å². The number of aromatic nitrogens is 2. The van der Waals surface area contributed by atoms with Gasteiger partial charge in [0.15, 0.2) is 5.69 Å². The molecule has 0 saturated carbocycles. The Labute approximate surface area is 282 Å². The lowest BCUT2D eigenvalue weighted by Gasteiger charge is -2.20. The fourth-order valence-electron chi connectivity index (χ4n) is 6.93. The maximum atomic E-state index is 14.7. The minimum atomic E-state index is -4.79. The molecule has 0 bridgehead atoms. The smallest absolute Gasteiger partial charge is 0.308 e. The summed E-state index contributed by atoms with van der Waals surface area (Å²) in [4.78, 5) is 3.60. The molecule has 0 saturated heterocycles. The van der Waals surface area contributed by atoms with E-state index in [-0.39, 0.29) is 22.3 Å². The summed E-state index contributed by atoms with van der Waals surface area (Å²) >= 11 is 0. The Morgan fingerprint density at radius 3 is 1.64 bits per heavy atom. The van der Waals surface area contributed by atoms with Crippen molar-refractivity contribution in [3.05, 3.63) is 149 Å². The monoisotopic (exact) mass is 652 g/mol. The number of hydrogen-bond donors (Lipinski definition) is 0. The largest absolute Gasteiger partial charge is 0.417 e. The van der Waals surface area contributed by atoms with Crippen LogP contribution in [0.3, 0.4) is 0 Å². The highest BCUT2D eigenvalue weighted by Crippen LogP contribution is 2.43. The van der Waals surface area contributed by atoms with E-state index < -0.39 is 11.7 Å². The molecule has 9 heteroatoms. The van der Waals surface area contributed by atoms with Crippen LogP contribution in [0.15, 0.2) is 115 Å². The van der Waals surface area contributed by atoms with Crippen LogP contribution in [0.2, 0.25) is 0 Å². The van der Waals surface area contributed by atoms with E-state index >= 15 is 0 Å². The van der Waals surface area contributed by atoms with Gasteiger partial charge < -0.3 is 9.13 Å². The second-order valence-corrected chi connectivity index (χ2v) is 11.7. The highest BCUT2D eigenvalue weighted by atomic mass is 19.4. The molecular formula is C41H19F3N6. The Morgan fingerprint density at radius 1 is 0.560 bits per heavy atom. The summed E-state index contributed by atoms with van der Waals surface area (Å²) in [5.74, 6) is 0. The number of alkyl halides is 3. The third-order valence-electron chi connectivity index (χ3n) is 9.04. The van der Waals surface area contributed by atoms with Gasteiger partial charge in [0.05, 0.1) is 68.8 Å². The molecule has 0 radical (unpaired) electrons. The molecule has 50 heavy (non-hydrogen) atoms. The van der Waals surface area contributed by atoms with Gasteiger partial charge in [-0.05, 0) is 83.2 Å². The first-order valence-electron chi connectivity index (χ1n) is 15.3. The van der Waals surface area contributed by atoms with Crippen molar-refractivity contribution >= 4 is 49.3 Å². The molecule has 6 aromatic carbocycles. The van der Waals surface area contributed by atoms with Crippen molar-refractivity contribution in [1.82, 2.24) is 9.13 Å². The number of fused-ring (bicyclic) bond motifs is 6. The van der Waals surface area contributed by atoms with Gasteiger partial charge in [0.25, 0.3) is 0 Å². The second kappa shape index (κ2) is 11.1.